The van der Waals surface area contributed by atoms with Gasteiger partial charge in [0.25, 0.3) is 0 Å². The lowest BCUT2D eigenvalue weighted by Gasteiger charge is -2.34. The molecule has 0 atom stereocenters. The molecule has 6 aromatic rings. The van der Waals surface area contributed by atoms with Gasteiger partial charge in [-0.2, -0.15) is 0 Å². The maximum absolute atomic E-state index is 5.22. The number of hydrogen-bond donors (Lipinski definition) is 0. The van der Waals surface area contributed by atoms with Crippen molar-refractivity contribution < 1.29 is 0 Å². The standard InChI is InChI=1S/C68H94N2S/c1-3-5-7-9-11-13-15-17-19-21-23-25-27-29-31-41-53-68(54-42-32-30-28-26-24-22-20-18-16-14-12-10-8-6-4-2)63-55-57(67-69-65-47-39-40-48-66(65)71-67)49-51-61(63)62-52-50-60(56-64(62)68)70(58-43-35-33-36-44-58)59-45-37-34-38-46-59/h33-40,43-52,55-56H,3-32,41-42,53-54H2,1-2H3. The van der Waals surface area contributed by atoms with Gasteiger partial charge in [0.1, 0.15) is 5.01 Å². The van der Waals surface area contributed by atoms with Crippen molar-refractivity contribution >= 4 is 38.6 Å². The molecular weight excluding hydrogens is 877 g/mol. The Labute approximate surface area is 437 Å². The van der Waals surface area contributed by atoms with E-state index in [1.54, 1.807) is 11.1 Å². The van der Waals surface area contributed by atoms with Crippen LogP contribution in [0.2, 0.25) is 0 Å². The third-order valence-corrected chi connectivity index (χ3v) is 17.2. The molecule has 5 aromatic carbocycles. The summed E-state index contributed by atoms with van der Waals surface area (Å²) in [5.74, 6) is 0. The third-order valence-electron chi connectivity index (χ3n) is 16.1. The smallest absolute Gasteiger partial charge is 0.124 e. The number of benzene rings is 5. The van der Waals surface area contributed by atoms with Crippen molar-refractivity contribution in [3.8, 4) is 21.7 Å². The SMILES string of the molecule is CCCCCCCCCCCCCCCCCCC1(CCCCCCCCCCCCCCCCCC)c2cc(-c3nc4ccccc4s3)ccc2-c2ccc(N(c3ccccc3)c3ccccc3)cc21. The normalized spacial score (nSPS) is 12.7. The van der Waals surface area contributed by atoms with Gasteiger partial charge in [-0.15, -0.1) is 11.3 Å². The Balaban J connectivity index is 1.05. The first-order valence-corrected chi connectivity index (χ1v) is 30.6. The highest BCUT2D eigenvalue weighted by molar-refractivity contribution is 7.21. The van der Waals surface area contributed by atoms with Gasteiger partial charge in [-0.05, 0) is 89.7 Å². The number of aromatic nitrogens is 1. The first kappa shape index (κ1) is 54.6. The molecule has 0 radical (unpaired) electrons. The summed E-state index contributed by atoms with van der Waals surface area (Å²) < 4.78 is 1.27. The molecule has 1 aliphatic rings. The zero-order chi connectivity index (χ0) is 49.0. The van der Waals surface area contributed by atoms with Gasteiger partial charge in [0.05, 0.1) is 10.2 Å². The lowest BCUT2D eigenvalue weighted by atomic mass is 9.70. The number of anilines is 3. The maximum atomic E-state index is 5.22. The minimum absolute atomic E-state index is 0.0432. The third kappa shape index (κ3) is 16.7. The molecule has 0 N–H and O–H groups in total. The van der Waals surface area contributed by atoms with Crippen molar-refractivity contribution in [1.29, 1.82) is 0 Å². The molecule has 0 bridgehead atoms. The molecule has 0 amide bonds. The number of nitrogens with zero attached hydrogens (tertiary/aromatic N) is 2. The summed E-state index contributed by atoms with van der Waals surface area (Å²) in [5.41, 5.74) is 12.0. The van der Waals surface area contributed by atoms with Crippen LogP contribution in [0.3, 0.4) is 0 Å². The van der Waals surface area contributed by atoms with E-state index in [0.29, 0.717) is 0 Å². The first-order valence-electron chi connectivity index (χ1n) is 29.8. The summed E-state index contributed by atoms with van der Waals surface area (Å²) in [5, 5.41) is 1.14. The molecule has 1 heterocycles. The predicted octanol–water partition coefficient (Wildman–Crippen LogP) is 23.0. The van der Waals surface area contributed by atoms with Crippen LogP contribution in [0.4, 0.5) is 17.1 Å². The minimum Gasteiger partial charge on any atom is -0.310 e. The Morgan fingerprint density at radius 1 is 0.366 bits per heavy atom. The summed E-state index contributed by atoms with van der Waals surface area (Å²) >= 11 is 1.84. The fourth-order valence-electron chi connectivity index (χ4n) is 12.0. The molecule has 0 fully saturated rings. The molecule has 0 spiro atoms. The summed E-state index contributed by atoms with van der Waals surface area (Å²) in [6.07, 6.45) is 47.3. The van der Waals surface area contributed by atoms with E-state index in [0.717, 1.165) is 10.5 Å². The highest BCUT2D eigenvalue weighted by Crippen LogP contribution is 2.56. The zero-order valence-electron chi connectivity index (χ0n) is 44.9. The number of para-hydroxylation sites is 3. The van der Waals surface area contributed by atoms with Crippen molar-refractivity contribution in [3.63, 3.8) is 0 Å². The lowest BCUT2D eigenvalue weighted by molar-refractivity contribution is 0.397. The minimum atomic E-state index is -0.0432. The van der Waals surface area contributed by atoms with Crippen molar-refractivity contribution in [2.45, 2.75) is 238 Å². The van der Waals surface area contributed by atoms with Gasteiger partial charge in [-0.25, -0.2) is 4.98 Å². The van der Waals surface area contributed by atoms with Crippen LogP contribution < -0.4 is 4.90 Å². The van der Waals surface area contributed by atoms with Crippen LogP contribution in [0, 0.1) is 0 Å². The molecule has 7 rings (SSSR count). The largest absolute Gasteiger partial charge is 0.310 e. The molecule has 1 aromatic heterocycles. The number of rotatable bonds is 38. The molecule has 2 nitrogen and oxygen atoms in total. The monoisotopic (exact) mass is 971 g/mol. The second kappa shape index (κ2) is 31.4. The quantitative estimate of drug-likeness (QED) is 0.0360. The fraction of sp³-hybridized carbons (Fsp3) is 0.544. The van der Waals surface area contributed by atoms with Gasteiger partial charge >= 0.3 is 0 Å². The van der Waals surface area contributed by atoms with Gasteiger partial charge in [0.2, 0.25) is 0 Å². The molecule has 71 heavy (non-hydrogen) atoms. The Hall–Kier alpha value is -4.21. The predicted molar refractivity (Wildman–Crippen MR) is 314 cm³/mol. The van der Waals surface area contributed by atoms with Crippen molar-refractivity contribution in [2.75, 3.05) is 4.90 Å². The van der Waals surface area contributed by atoms with Crippen molar-refractivity contribution in [2.24, 2.45) is 0 Å². The van der Waals surface area contributed by atoms with Crippen molar-refractivity contribution in [1.82, 2.24) is 4.98 Å². The molecule has 0 aliphatic heterocycles. The van der Waals surface area contributed by atoms with E-state index in [4.69, 9.17) is 4.98 Å². The van der Waals surface area contributed by atoms with Crippen molar-refractivity contribution in [3.05, 3.63) is 132 Å². The average molecular weight is 972 g/mol. The van der Waals surface area contributed by atoms with Gasteiger partial charge in [-0.1, -0.05) is 286 Å². The summed E-state index contributed by atoms with van der Waals surface area (Å²) in [7, 11) is 0. The molecule has 1 aliphatic carbocycles. The second-order valence-corrected chi connectivity index (χ2v) is 22.7. The molecule has 382 valence electrons. The van der Waals surface area contributed by atoms with Crippen LogP contribution in [-0.4, -0.2) is 4.98 Å². The van der Waals surface area contributed by atoms with Crippen LogP contribution in [0.1, 0.15) is 243 Å². The van der Waals surface area contributed by atoms with E-state index in [9.17, 15) is 0 Å². The van der Waals surface area contributed by atoms with E-state index < -0.39 is 0 Å². The number of unbranched alkanes of at least 4 members (excludes halogenated alkanes) is 30. The van der Waals surface area contributed by atoms with Gasteiger partial charge in [-0.3, -0.25) is 0 Å². The Morgan fingerprint density at radius 2 is 0.746 bits per heavy atom. The molecule has 0 saturated carbocycles. The second-order valence-electron chi connectivity index (χ2n) is 21.7. The zero-order valence-corrected chi connectivity index (χ0v) is 45.7. The highest BCUT2D eigenvalue weighted by Gasteiger charge is 2.43. The number of fused-ring (bicyclic) bond motifs is 4. The van der Waals surface area contributed by atoms with E-state index in [2.05, 4.69) is 140 Å². The molecular formula is C68H94N2S. The van der Waals surface area contributed by atoms with Gasteiger partial charge in [0.15, 0.2) is 0 Å². The van der Waals surface area contributed by atoms with Gasteiger partial charge in [0, 0.05) is 28.0 Å². The lowest BCUT2D eigenvalue weighted by Crippen LogP contribution is -2.26. The van der Waals surface area contributed by atoms with Crippen LogP contribution in [0.25, 0.3) is 31.9 Å². The molecule has 0 unspecified atom stereocenters. The highest BCUT2D eigenvalue weighted by atomic mass is 32.1. The Bertz CT molecular complexity index is 2240. The number of thiazole rings is 1. The summed E-state index contributed by atoms with van der Waals surface area (Å²) in [6, 6.07) is 45.6. The topological polar surface area (TPSA) is 16.1 Å². The van der Waals surface area contributed by atoms with E-state index in [1.807, 2.05) is 11.3 Å². The van der Waals surface area contributed by atoms with E-state index in [1.165, 1.54) is 257 Å². The summed E-state index contributed by atoms with van der Waals surface area (Å²) in [6.45, 7) is 4.63. The van der Waals surface area contributed by atoms with Crippen LogP contribution in [0.5, 0.6) is 0 Å². The Morgan fingerprint density at radius 3 is 1.18 bits per heavy atom. The number of hydrogen-bond acceptors (Lipinski definition) is 3. The first-order chi connectivity index (χ1) is 35.2. The average Bonchev–Trinajstić information content (AvgIpc) is 3.96. The molecule has 3 heteroatoms. The summed E-state index contributed by atoms with van der Waals surface area (Å²) in [4.78, 5) is 7.69. The fourth-order valence-corrected chi connectivity index (χ4v) is 12.9. The van der Waals surface area contributed by atoms with Crippen LogP contribution in [-0.2, 0) is 5.41 Å². The Kier molecular flexibility index (Phi) is 24.1. The van der Waals surface area contributed by atoms with Crippen LogP contribution in [0.15, 0.2) is 121 Å². The molecule has 0 saturated heterocycles. The van der Waals surface area contributed by atoms with E-state index in [-0.39, 0.29) is 5.41 Å². The van der Waals surface area contributed by atoms with Crippen LogP contribution >= 0.6 is 11.3 Å². The maximum Gasteiger partial charge on any atom is 0.124 e. The van der Waals surface area contributed by atoms with E-state index >= 15 is 0 Å². The van der Waals surface area contributed by atoms with Gasteiger partial charge < -0.3 is 4.90 Å².